The lowest BCUT2D eigenvalue weighted by atomic mass is 9.49. The summed E-state index contributed by atoms with van der Waals surface area (Å²) in [5.74, 6) is 7.35. The van der Waals surface area contributed by atoms with Crippen molar-refractivity contribution in [3.05, 3.63) is 11.6 Å². The second-order valence-corrected chi connectivity index (χ2v) is 9.50. The van der Waals surface area contributed by atoms with E-state index >= 15 is 0 Å². The first kappa shape index (κ1) is 12.5. The Hall–Kier alpha value is -0.860. The summed E-state index contributed by atoms with van der Waals surface area (Å²) in [4.78, 5) is 0. The van der Waals surface area contributed by atoms with Gasteiger partial charge >= 0.3 is 0 Å². The highest BCUT2D eigenvalue weighted by atomic mass is 15.3. The van der Waals surface area contributed by atoms with E-state index in [-0.39, 0.29) is 0 Å². The lowest BCUT2D eigenvalue weighted by Crippen LogP contribution is -2.49. The van der Waals surface area contributed by atoms with Crippen molar-refractivity contribution in [1.29, 1.82) is 0 Å². The van der Waals surface area contributed by atoms with Gasteiger partial charge in [-0.1, -0.05) is 6.92 Å². The smallest absolute Gasteiger partial charge is 0.139 e. The zero-order chi connectivity index (χ0) is 14.5. The quantitative estimate of drug-likeness (QED) is 0.837. The van der Waals surface area contributed by atoms with Crippen LogP contribution in [0.4, 0.5) is 0 Å². The van der Waals surface area contributed by atoms with Crippen LogP contribution in [-0.4, -0.2) is 14.8 Å². The predicted octanol–water partition coefficient (Wildman–Crippen LogP) is 4.20. The number of hydrogen-bond acceptors (Lipinski definition) is 2. The maximum atomic E-state index is 4.88. The van der Waals surface area contributed by atoms with Gasteiger partial charge in [0.2, 0.25) is 0 Å². The van der Waals surface area contributed by atoms with E-state index < -0.39 is 0 Å². The van der Waals surface area contributed by atoms with Gasteiger partial charge in [0, 0.05) is 17.4 Å². The number of hydrogen-bond donors (Lipinski definition) is 0. The van der Waals surface area contributed by atoms with Gasteiger partial charge in [0.1, 0.15) is 11.6 Å². The molecule has 0 aliphatic heterocycles. The zero-order valence-corrected chi connectivity index (χ0v) is 13.7. The van der Waals surface area contributed by atoms with Crippen LogP contribution in [0.25, 0.3) is 0 Å². The molecule has 6 aliphatic carbocycles. The summed E-state index contributed by atoms with van der Waals surface area (Å²) in [5, 5.41) is 9.64. The van der Waals surface area contributed by atoms with Crippen LogP contribution in [0.1, 0.15) is 88.3 Å². The number of nitrogens with zero attached hydrogens (tertiary/aromatic N) is 3. The first-order valence-corrected chi connectivity index (χ1v) is 9.67. The largest absolute Gasteiger partial charge is 0.311 e. The third kappa shape index (κ3) is 1.63. The van der Waals surface area contributed by atoms with Gasteiger partial charge in [-0.2, -0.15) is 0 Å². The van der Waals surface area contributed by atoms with Crippen LogP contribution in [0.3, 0.4) is 0 Å². The SMILES string of the molecule is C[C@@H]1CC1c1nnc(C23CC4CC(CC(C4)C2)C3)n1C1CC1. The maximum absolute atomic E-state index is 4.88. The molecule has 1 aromatic heterocycles. The Morgan fingerprint density at radius 2 is 1.50 bits per heavy atom. The van der Waals surface area contributed by atoms with Crippen molar-refractivity contribution in [1.82, 2.24) is 14.8 Å². The first-order valence-electron chi connectivity index (χ1n) is 9.67. The molecule has 0 amide bonds. The van der Waals surface area contributed by atoms with Crippen molar-refractivity contribution < 1.29 is 0 Å². The normalized spacial score (nSPS) is 48.9. The Morgan fingerprint density at radius 1 is 0.909 bits per heavy atom. The molecule has 22 heavy (non-hydrogen) atoms. The summed E-state index contributed by atoms with van der Waals surface area (Å²) in [6.07, 6.45) is 12.9. The van der Waals surface area contributed by atoms with E-state index in [4.69, 9.17) is 10.2 Å². The summed E-state index contributed by atoms with van der Waals surface area (Å²) >= 11 is 0. The van der Waals surface area contributed by atoms with Crippen LogP contribution in [0.2, 0.25) is 0 Å². The fourth-order valence-electron chi connectivity index (χ4n) is 6.68. The van der Waals surface area contributed by atoms with Gasteiger partial charge in [-0.15, -0.1) is 10.2 Å². The molecule has 6 aliphatic rings. The minimum absolute atomic E-state index is 0.417. The van der Waals surface area contributed by atoms with Crippen molar-refractivity contribution >= 4 is 0 Å². The Morgan fingerprint density at radius 3 is 2.00 bits per heavy atom. The lowest BCUT2D eigenvalue weighted by molar-refractivity contribution is -0.0112. The van der Waals surface area contributed by atoms with Gasteiger partial charge in [0.05, 0.1) is 0 Å². The molecule has 3 nitrogen and oxygen atoms in total. The maximum Gasteiger partial charge on any atom is 0.139 e. The molecule has 1 unspecified atom stereocenters. The highest BCUT2D eigenvalue weighted by Gasteiger charge is 2.55. The van der Waals surface area contributed by atoms with Crippen LogP contribution >= 0.6 is 0 Å². The van der Waals surface area contributed by atoms with Gasteiger partial charge in [-0.25, -0.2) is 0 Å². The third-order valence-corrected chi connectivity index (χ3v) is 7.59. The van der Waals surface area contributed by atoms with Gasteiger partial charge < -0.3 is 4.57 Å². The second-order valence-electron chi connectivity index (χ2n) is 9.50. The topological polar surface area (TPSA) is 30.7 Å². The molecular formula is C19H27N3. The summed E-state index contributed by atoms with van der Waals surface area (Å²) in [7, 11) is 0. The second kappa shape index (κ2) is 3.96. The molecule has 1 aromatic rings. The van der Waals surface area contributed by atoms with Gasteiger partial charge in [0.25, 0.3) is 0 Å². The molecule has 0 saturated heterocycles. The Balaban J connectivity index is 1.46. The molecule has 0 spiro atoms. The molecule has 0 N–H and O–H groups in total. The van der Waals surface area contributed by atoms with Crippen LogP contribution < -0.4 is 0 Å². The summed E-state index contributed by atoms with van der Waals surface area (Å²) in [5.41, 5.74) is 0.417. The summed E-state index contributed by atoms with van der Waals surface area (Å²) in [6.45, 7) is 2.38. The minimum atomic E-state index is 0.417. The molecule has 6 fully saturated rings. The van der Waals surface area contributed by atoms with E-state index in [1.807, 2.05) is 0 Å². The van der Waals surface area contributed by atoms with E-state index in [2.05, 4.69) is 11.5 Å². The lowest BCUT2D eigenvalue weighted by Gasteiger charge is -2.56. The molecule has 0 aromatic carbocycles. The van der Waals surface area contributed by atoms with Gasteiger partial charge in [-0.3, -0.25) is 0 Å². The molecule has 2 atom stereocenters. The van der Waals surface area contributed by atoms with Crippen LogP contribution in [-0.2, 0) is 5.41 Å². The fraction of sp³-hybridized carbons (Fsp3) is 0.895. The molecule has 118 valence electrons. The predicted molar refractivity (Wildman–Crippen MR) is 84.7 cm³/mol. The average molecular weight is 297 g/mol. The van der Waals surface area contributed by atoms with Gasteiger partial charge in [0.15, 0.2) is 0 Å². The van der Waals surface area contributed by atoms with Gasteiger partial charge in [-0.05, 0) is 81.5 Å². The molecule has 6 saturated carbocycles. The highest BCUT2D eigenvalue weighted by Crippen LogP contribution is 2.61. The zero-order valence-electron chi connectivity index (χ0n) is 13.7. The standard InChI is InChI=1S/C19H27N3/c1-11-4-16(11)17-20-21-18(22(17)15-2-3-15)19-8-12-5-13(9-19)7-14(6-12)10-19/h11-16H,2-10H2,1H3/t11-,12?,13?,14?,16?,19?/m1/s1. The van der Waals surface area contributed by atoms with Crippen molar-refractivity contribution in [2.75, 3.05) is 0 Å². The Kier molecular flexibility index (Phi) is 2.26. The van der Waals surface area contributed by atoms with Crippen LogP contribution in [0.15, 0.2) is 0 Å². The van der Waals surface area contributed by atoms with Crippen molar-refractivity contribution in [2.24, 2.45) is 23.7 Å². The van der Waals surface area contributed by atoms with Crippen LogP contribution in [0.5, 0.6) is 0 Å². The Labute approximate surface area is 132 Å². The van der Waals surface area contributed by atoms with Crippen molar-refractivity contribution in [3.63, 3.8) is 0 Å². The highest BCUT2D eigenvalue weighted by molar-refractivity contribution is 5.23. The Bertz CT molecular complexity index is 591. The molecular weight excluding hydrogens is 270 g/mol. The number of aromatic nitrogens is 3. The van der Waals surface area contributed by atoms with E-state index in [1.165, 1.54) is 69.4 Å². The van der Waals surface area contributed by atoms with Crippen LogP contribution in [0, 0.1) is 23.7 Å². The first-order chi connectivity index (χ1) is 10.7. The van der Waals surface area contributed by atoms with E-state index in [1.54, 1.807) is 0 Å². The average Bonchev–Trinajstić information content (AvgIpc) is 3.38. The number of rotatable bonds is 3. The fourth-order valence-corrected chi connectivity index (χ4v) is 6.68. The third-order valence-electron chi connectivity index (χ3n) is 7.59. The minimum Gasteiger partial charge on any atom is -0.311 e. The summed E-state index contributed by atoms with van der Waals surface area (Å²) in [6, 6.07) is 0.751. The van der Waals surface area contributed by atoms with Crippen molar-refractivity contribution in [3.8, 4) is 0 Å². The summed E-state index contributed by atoms with van der Waals surface area (Å²) < 4.78 is 2.67. The van der Waals surface area contributed by atoms with E-state index in [9.17, 15) is 0 Å². The van der Waals surface area contributed by atoms with Crippen molar-refractivity contribution in [2.45, 2.75) is 82.1 Å². The van der Waals surface area contributed by atoms with E-state index in [0.29, 0.717) is 5.41 Å². The molecule has 7 rings (SSSR count). The molecule has 4 bridgehead atoms. The molecule has 3 heteroatoms. The van der Waals surface area contributed by atoms with E-state index in [0.717, 1.165) is 35.6 Å². The molecule has 0 radical (unpaired) electrons. The monoisotopic (exact) mass is 297 g/mol. The molecule has 1 heterocycles.